The minimum absolute atomic E-state index is 0.218. The van der Waals surface area contributed by atoms with Gasteiger partial charge in [-0.1, -0.05) is 6.92 Å². The number of aliphatic hydroxyl groups excluding tert-OH is 1. The first-order valence-electron chi connectivity index (χ1n) is 5.98. The fraction of sp³-hybridized carbons (Fsp3) is 0.750. The molecular formula is C12H20N2O2. The summed E-state index contributed by atoms with van der Waals surface area (Å²) in [5.74, 6) is 1.20. The van der Waals surface area contributed by atoms with E-state index in [0.717, 1.165) is 25.3 Å². The number of imidazole rings is 1. The maximum absolute atomic E-state index is 10.2. The van der Waals surface area contributed by atoms with Crippen LogP contribution in [-0.4, -0.2) is 33.5 Å². The SMILES string of the molecule is CCC1OCCC1C(O)Cc1nccn1C. The summed E-state index contributed by atoms with van der Waals surface area (Å²) in [6.07, 6.45) is 6.11. The average molecular weight is 224 g/mol. The van der Waals surface area contributed by atoms with Gasteiger partial charge in [-0.2, -0.15) is 0 Å². The second kappa shape index (κ2) is 4.97. The Kier molecular flexibility index (Phi) is 3.61. The second-order valence-electron chi connectivity index (χ2n) is 4.50. The number of aryl methyl sites for hydroxylation is 1. The van der Waals surface area contributed by atoms with Crippen LogP contribution >= 0.6 is 0 Å². The van der Waals surface area contributed by atoms with Crippen LogP contribution in [0.5, 0.6) is 0 Å². The van der Waals surface area contributed by atoms with Crippen LogP contribution in [0.1, 0.15) is 25.6 Å². The molecule has 0 spiro atoms. The number of rotatable bonds is 4. The van der Waals surface area contributed by atoms with Crippen LogP contribution in [0.4, 0.5) is 0 Å². The quantitative estimate of drug-likeness (QED) is 0.834. The van der Waals surface area contributed by atoms with E-state index in [9.17, 15) is 5.11 Å². The van der Waals surface area contributed by atoms with Crippen molar-refractivity contribution >= 4 is 0 Å². The van der Waals surface area contributed by atoms with Crippen molar-refractivity contribution in [2.45, 2.75) is 38.4 Å². The molecule has 3 unspecified atom stereocenters. The van der Waals surface area contributed by atoms with Crippen LogP contribution < -0.4 is 0 Å². The Hall–Kier alpha value is -0.870. The third-order valence-corrected chi connectivity index (χ3v) is 3.47. The molecule has 4 heteroatoms. The van der Waals surface area contributed by atoms with E-state index in [1.165, 1.54) is 0 Å². The Balaban J connectivity index is 1.97. The maximum atomic E-state index is 10.2. The van der Waals surface area contributed by atoms with Gasteiger partial charge in [-0.15, -0.1) is 0 Å². The maximum Gasteiger partial charge on any atom is 0.110 e. The topological polar surface area (TPSA) is 47.3 Å². The van der Waals surface area contributed by atoms with Crippen LogP contribution in [0.15, 0.2) is 12.4 Å². The first-order valence-corrected chi connectivity index (χ1v) is 5.98. The highest BCUT2D eigenvalue weighted by atomic mass is 16.5. The molecular weight excluding hydrogens is 204 g/mol. The summed E-state index contributed by atoms with van der Waals surface area (Å²) in [5.41, 5.74) is 0. The Bertz CT molecular complexity index is 338. The second-order valence-corrected chi connectivity index (χ2v) is 4.50. The molecule has 0 saturated carbocycles. The Morgan fingerprint density at radius 2 is 2.50 bits per heavy atom. The Labute approximate surface area is 96.3 Å². The van der Waals surface area contributed by atoms with E-state index in [4.69, 9.17) is 4.74 Å². The molecule has 1 aliphatic heterocycles. The van der Waals surface area contributed by atoms with Gasteiger partial charge in [0.1, 0.15) is 5.82 Å². The summed E-state index contributed by atoms with van der Waals surface area (Å²) in [6, 6.07) is 0. The zero-order valence-corrected chi connectivity index (χ0v) is 9.97. The average Bonchev–Trinajstić information content (AvgIpc) is 2.87. The van der Waals surface area contributed by atoms with Crippen molar-refractivity contribution in [3.8, 4) is 0 Å². The van der Waals surface area contributed by atoms with E-state index in [-0.39, 0.29) is 18.1 Å². The molecule has 2 rings (SSSR count). The number of nitrogens with zero attached hydrogens (tertiary/aromatic N) is 2. The Morgan fingerprint density at radius 3 is 3.12 bits per heavy atom. The molecule has 0 amide bonds. The molecule has 4 nitrogen and oxygen atoms in total. The van der Waals surface area contributed by atoms with Crippen molar-refractivity contribution in [3.05, 3.63) is 18.2 Å². The molecule has 1 aromatic heterocycles. The normalized spacial score (nSPS) is 27.2. The highest BCUT2D eigenvalue weighted by molar-refractivity contribution is 4.95. The molecule has 0 aromatic carbocycles. The lowest BCUT2D eigenvalue weighted by atomic mass is 9.91. The van der Waals surface area contributed by atoms with Crippen molar-refractivity contribution in [2.24, 2.45) is 13.0 Å². The summed E-state index contributed by atoms with van der Waals surface area (Å²) in [7, 11) is 1.96. The van der Waals surface area contributed by atoms with Crippen molar-refractivity contribution in [3.63, 3.8) is 0 Å². The van der Waals surface area contributed by atoms with E-state index < -0.39 is 0 Å². The number of hydrogen-bond donors (Lipinski definition) is 1. The summed E-state index contributed by atoms with van der Waals surface area (Å²) in [5, 5.41) is 10.2. The van der Waals surface area contributed by atoms with Gasteiger partial charge in [0.05, 0.1) is 12.2 Å². The molecule has 1 fully saturated rings. The lowest BCUT2D eigenvalue weighted by molar-refractivity contribution is 0.0307. The highest BCUT2D eigenvalue weighted by Crippen LogP contribution is 2.27. The minimum atomic E-state index is -0.339. The molecule has 1 aliphatic rings. The lowest BCUT2D eigenvalue weighted by Gasteiger charge is -2.22. The van der Waals surface area contributed by atoms with Gasteiger partial charge >= 0.3 is 0 Å². The minimum Gasteiger partial charge on any atom is -0.392 e. The van der Waals surface area contributed by atoms with Gasteiger partial charge in [0.15, 0.2) is 0 Å². The molecule has 1 aromatic rings. The van der Waals surface area contributed by atoms with Crippen molar-refractivity contribution in [2.75, 3.05) is 6.61 Å². The number of ether oxygens (including phenoxy) is 1. The molecule has 2 heterocycles. The van der Waals surface area contributed by atoms with Crippen molar-refractivity contribution < 1.29 is 9.84 Å². The van der Waals surface area contributed by atoms with E-state index in [1.54, 1.807) is 6.20 Å². The summed E-state index contributed by atoms with van der Waals surface area (Å²) >= 11 is 0. The van der Waals surface area contributed by atoms with Crippen molar-refractivity contribution in [1.82, 2.24) is 9.55 Å². The number of aliphatic hydroxyl groups is 1. The first-order chi connectivity index (χ1) is 7.72. The summed E-state index contributed by atoms with van der Waals surface area (Å²) < 4.78 is 7.56. The smallest absolute Gasteiger partial charge is 0.110 e. The zero-order valence-electron chi connectivity index (χ0n) is 9.97. The molecule has 3 atom stereocenters. The Morgan fingerprint density at radius 1 is 1.69 bits per heavy atom. The third kappa shape index (κ3) is 2.28. The largest absolute Gasteiger partial charge is 0.392 e. The van der Waals surface area contributed by atoms with Crippen molar-refractivity contribution in [1.29, 1.82) is 0 Å². The van der Waals surface area contributed by atoms with E-state index in [0.29, 0.717) is 6.42 Å². The summed E-state index contributed by atoms with van der Waals surface area (Å²) in [4.78, 5) is 4.24. The van der Waals surface area contributed by atoms with Gasteiger partial charge in [0.2, 0.25) is 0 Å². The monoisotopic (exact) mass is 224 g/mol. The van der Waals surface area contributed by atoms with Crippen LogP contribution in [0.2, 0.25) is 0 Å². The van der Waals surface area contributed by atoms with Gasteiger partial charge in [-0.3, -0.25) is 0 Å². The standard InChI is InChI=1S/C12H20N2O2/c1-3-11-9(4-7-16-11)10(15)8-12-13-5-6-14(12)2/h5-6,9-11,15H,3-4,7-8H2,1-2H3. The van der Waals surface area contributed by atoms with Gasteiger partial charge < -0.3 is 14.4 Å². The first kappa shape index (κ1) is 11.6. The lowest BCUT2D eigenvalue weighted by Crippen LogP contribution is -2.30. The zero-order chi connectivity index (χ0) is 11.5. The van der Waals surface area contributed by atoms with Crippen LogP contribution in [0.25, 0.3) is 0 Å². The van der Waals surface area contributed by atoms with Gasteiger partial charge in [-0.25, -0.2) is 4.98 Å². The molecule has 0 radical (unpaired) electrons. The van der Waals surface area contributed by atoms with Crippen LogP contribution in [-0.2, 0) is 18.2 Å². The third-order valence-electron chi connectivity index (χ3n) is 3.47. The fourth-order valence-electron chi connectivity index (χ4n) is 2.46. The molecule has 1 saturated heterocycles. The van der Waals surface area contributed by atoms with Gasteiger partial charge in [0.25, 0.3) is 0 Å². The molecule has 16 heavy (non-hydrogen) atoms. The fourth-order valence-corrected chi connectivity index (χ4v) is 2.46. The number of aromatic nitrogens is 2. The van der Waals surface area contributed by atoms with E-state index in [2.05, 4.69) is 11.9 Å². The predicted octanol–water partition coefficient (Wildman–Crippen LogP) is 1.14. The molecule has 0 bridgehead atoms. The number of hydrogen-bond acceptors (Lipinski definition) is 3. The highest BCUT2D eigenvalue weighted by Gasteiger charge is 2.33. The van der Waals surface area contributed by atoms with Gasteiger partial charge in [0, 0.05) is 38.4 Å². The molecule has 90 valence electrons. The van der Waals surface area contributed by atoms with E-state index >= 15 is 0 Å². The molecule has 0 aliphatic carbocycles. The summed E-state index contributed by atoms with van der Waals surface area (Å²) in [6.45, 7) is 2.89. The van der Waals surface area contributed by atoms with Crippen LogP contribution in [0, 0.1) is 5.92 Å². The van der Waals surface area contributed by atoms with E-state index in [1.807, 2.05) is 17.8 Å². The van der Waals surface area contributed by atoms with Crippen LogP contribution in [0.3, 0.4) is 0 Å². The molecule has 1 N–H and O–H groups in total. The predicted molar refractivity (Wildman–Crippen MR) is 61.1 cm³/mol. The van der Waals surface area contributed by atoms with Gasteiger partial charge in [-0.05, 0) is 12.8 Å².